The molecule has 2 heterocycles. The third kappa shape index (κ3) is 24.6. The molecule has 0 radical (unpaired) electrons. The first-order valence-electron chi connectivity index (χ1n) is 31.9. The Kier molecular flexibility index (Phi) is 29.1. The Hall–Kier alpha value is -6.60. The summed E-state index contributed by atoms with van der Waals surface area (Å²) in [6.45, 7) is 30.2. The first-order valence-corrected chi connectivity index (χ1v) is 32.7. The molecule has 0 bridgehead atoms. The van der Waals surface area contributed by atoms with E-state index in [1.807, 2.05) is 96.1 Å². The van der Waals surface area contributed by atoms with Crippen LogP contribution >= 0.6 is 11.3 Å². The number of likely N-dealkylation sites (N-methyl/N-ethyl adjacent to an activating group) is 1. The lowest BCUT2D eigenvalue weighted by Gasteiger charge is -2.44. The van der Waals surface area contributed by atoms with Gasteiger partial charge in [-0.25, -0.2) is 4.98 Å². The molecule has 3 amide bonds. The Morgan fingerprint density at radius 1 is 0.798 bits per heavy atom. The molecule has 2 aromatic carbocycles. The van der Waals surface area contributed by atoms with Crippen LogP contribution in [-0.2, 0) is 76.7 Å². The number of ketones is 2. The predicted molar refractivity (Wildman–Crippen MR) is 345 cm³/mol. The van der Waals surface area contributed by atoms with Crippen molar-refractivity contribution >= 4 is 64.5 Å². The highest BCUT2D eigenvalue weighted by Crippen LogP contribution is 2.35. The molecular weight excluding hydrogens is 1150 g/mol. The number of hydrogen-bond acceptors (Lipinski definition) is 15. The first-order chi connectivity index (χ1) is 41.6. The molecule has 1 saturated heterocycles. The topological polar surface area (TPSA) is 231 Å². The third-order valence-electron chi connectivity index (χ3n) is 16.7. The van der Waals surface area contributed by atoms with Gasteiger partial charge in [-0.2, -0.15) is 0 Å². The number of nitrogens with zero attached hydrogens (tertiary/aromatic N) is 3. The lowest BCUT2D eigenvalue weighted by molar-refractivity contribution is -0.941. The highest BCUT2D eigenvalue weighted by Gasteiger charge is 2.44. The Bertz CT molecular complexity index is 2860. The molecule has 0 aliphatic carbocycles. The van der Waals surface area contributed by atoms with Crippen molar-refractivity contribution < 1.29 is 66.6 Å². The molecule has 1 unspecified atom stereocenters. The van der Waals surface area contributed by atoms with Gasteiger partial charge in [0.2, 0.25) is 11.8 Å². The van der Waals surface area contributed by atoms with Crippen LogP contribution in [-0.4, -0.2) is 130 Å². The predicted octanol–water partition coefficient (Wildman–Crippen LogP) is 11.3. The lowest BCUT2D eigenvalue weighted by atomic mass is 9.82. The summed E-state index contributed by atoms with van der Waals surface area (Å²) in [5.41, 5.74) is 1.27. The van der Waals surface area contributed by atoms with Crippen LogP contribution in [0.4, 0.5) is 0 Å². The monoisotopic (exact) mass is 1250 g/mol. The average Bonchev–Trinajstić information content (AvgIpc) is 3.20. The molecule has 1 aliphatic rings. The van der Waals surface area contributed by atoms with Crippen LogP contribution in [0.1, 0.15) is 199 Å². The molecule has 10 atom stereocenters. The molecule has 2 N–H and O–H groups in total. The van der Waals surface area contributed by atoms with E-state index in [4.69, 9.17) is 23.9 Å². The van der Waals surface area contributed by atoms with E-state index in [0.29, 0.717) is 47.3 Å². The summed E-state index contributed by atoms with van der Waals surface area (Å²) < 4.78 is 22.7. The van der Waals surface area contributed by atoms with Gasteiger partial charge in [-0.15, -0.1) is 11.3 Å². The molecule has 19 heteroatoms. The van der Waals surface area contributed by atoms with Crippen molar-refractivity contribution in [3.8, 4) is 0 Å². The van der Waals surface area contributed by atoms with E-state index in [1.54, 1.807) is 65.8 Å². The maximum Gasteiger partial charge on any atom is 0.309 e. The zero-order valence-electron chi connectivity index (χ0n) is 56.1. The normalized spacial score (nSPS) is 18.0. The summed E-state index contributed by atoms with van der Waals surface area (Å²) in [5, 5.41) is 7.96. The van der Waals surface area contributed by atoms with E-state index in [1.165, 1.54) is 24.3 Å². The minimum atomic E-state index is -1.03. The number of piperidine rings is 1. The van der Waals surface area contributed by atoms with E-state index >= 15 is 4.79 Å². The number of esters is 4. The number of aromatic nitrogens is 1. The molecular formula is C70H104N5O13S+. The maximum absolute atomic E-state index is 15.0. The fourth-order valence-electron chi connectivity index (χ4n) is 11.7. The van der Waals surface area contributed by atoms with Gasteiger partial charge in [-0.1, -0.05) is 122 Å². The van der Waals surface area contributed by atoms with Crippen LogP contribution < -0.4 is 10.6 Å². The van der Waals surface area contributed by atoms with Gasteiger partial charge in [-0.05, 0) is 103 Å². The standard InChI is InChI=1S/C70H103N5O13S/c1-18-35-85-68(84)47(8)36-52(37-49-25-21-20-22-26-49)71-65(82)56-43-89-66(73-56)61(86-48(9)76)41-57(45(5)6)74(16)67(83)54(46(7)19-2)39-60(78)58-27-23-24-34-75(58,17)42-51-30-28-50(29-31-51)38-59(77)55(32-33-62(79)87-69(10,11)12)72-64(81)53(44(3)4)40-63(80)88-70(13,14)15/h18,20-22,25-26,28-31,43-47,52-55,57-58,61H,1,19,23-24,27,32-42H2,2-17H3,(H-,71,72,81,82)/p+1/t46-,47-,52+,53-,54-,55-,57+,58+,61+,75?/m0/s1. The zero-order valence-corrected chi connectivity index (χ0v) is 56.9. The fraction of sp³-hybridized carbons (Fsp3) is 0.629. The van der Waals surface area contributed by atoms with E-state index < -0.39 is 88.9 Å². The molecule has 492 valence electrons. The Morgan fingerprint density at radius 2 is 1.43 bits per heavy atom. The van der Waals surface area contributed by atoms with Crippen LogP contribution in [0.25, 0.3) is 0 Å². The lowest BCUT2D eigenvalue weighted by Crippen LogP contribution is -2.58. The summed E-state index contributed by atoms with van der Waals surface area (Å²) in [4.78, 5) is 130. The van der Waals surface area contributed by atoms with Gasteiger partial charge >= 0.3 is 23.9 Å². The molecule has 0 spiro atoms. The molecule has 3 aromatic rings. The number of ether oxygens (including phenoxy) is 4. The number of quaternary nitrogens is 1. The zero-order chi connectivity index (χ0) is 66.6. The number of Topliss-reactive ketones (excluding diaryl/α,β-unsaturated/α-hetero) is 2. The molecule has 0 saturated carbocycles. The van der Waals surface area contributed by atoms with Crippen LogP contribution in [0.3, 0.4) is 0 Å². The highest BCUT2D eigenvalue weighted by molar-refractivity contribution is 7.09. The molecule has 1 fully saturated rings. The quantitative estimate of drug-likeness (QED) is 0.0245. The molecule has 4 rings (SSSR count). The van der Waals surface area contributed by atoms with Crippen LogP contribution in [0.2, 0.25) is 0 Å². The van der Waals surface area contributed by atoms with Crippen molar-refractivity contribution in [2.24, 2.45) is 35.5 Å². The summed E-state index contributed by atoms with van der Waals surface area (Å²) in [7, 11) is 3.84. The largest absolute Gasteiger partial charge is 0.461 e. The number of amides is 3. The minimum absolute atomic E-state index is 0.00436. The van der Waals surface area contributed by atoms with Crippen molar-refractivity contribution in [2.45, 2.75) is 222 Å². The van der Waals surface area contributed by atoms with E-state index in [9.17, 15) is 38.4 Å². The first kappa shape index (κ1) is 74.9. The molecule has 1 aliphatic heterocycles. The Morgan fingerprint density at radius 3 is 2.01 bits per heavy atom. The number of hydrogen-bond donors (Lipinski definition) is 2. The van der Waals surface area contributed by atoms with E-state index in [-0.39, 0.29) is 92.1 Å². The maximum atomic E-state index is 15.0. The second kappa shape index (κ2) is 34.6. The number of nitrogens with one attached hydrogen (secondary N) is 2. The van der Waals surface area contributed by atoms with Gasteiger partial charge in [-0.3, -0.25) is 43.2 Å². The third-order valence-corrected chi connectivity index (χ3v) is 17.6. The van der Waals surface area contributed by atoms with Gasteiger partial charge in [0.15, 0.2) is 17.7 Å². The average molecular weight is 1260 g/mol. The summed E-state index contributed by atoms with van der Waals surface area (Å²) >= 11 is 1.18. The summed E-state index contributed by atoms with van der Waals surface area (Å²) in [5.74, 6) is -5.82. The van der Waals surface area contributed by atoms with Crippen LogP contribution in [0.5, 0.6) is 0 Å². The van der Waals surface area contributed by atoms with Crippen LogP contribution in [0.15, 0.2) is 72.6 Å². The number of thiazole rings is 1. The number of benzene rings is 2. The molecule has 18 nitrogen and oxygen atoms in total. The number of carbonyl (C=O) groups excluding carboxylic acids is 9. The van der Waals surface area contributed by atoms with Gasteiger partial charge in [0.25, 0.3) is 5.91 Å². The molecule has 1 aromatic heterocycles. The van der Waals surface area contributed by atoms with Crippen molar-refractivity contribution in [3.63, 3.8) is 0 Å². The van der Waals surface area contributed by atoms with Gasteiger partial charge < -0.3 is 39.0 Å². The van der Waals surface area contributed by atoms with Gasteiger partial charge in [0.1, 0.15) is 41.1 Å². The SMILES string of the molecule is C=CCOC(=O)[C@@H](C)C[C@H](Cc1ccccc1)NC(=O)c1csc([C@@H](C[C@H](C(C)C)N(C)C(=O)[C@@H](CC(=O)[C@H]2CCCC[N+]2(C)Cc2ccc(CC(=O)[C@H](CCC(=O)OC(C)(C)C)NC(=O)[C@@H](CC(=O)OC(C)(C)C)C(C)C)cc2)[C@@H](C)CC)OC(C)=O)n1. The smallest absolute Gasteiger partial charge is 0.309 e. The van der Waals surface area contributed by atoms with Gasteiger partial charge in [0.05, 0.1) is 37.9 Å². The van der Waals surface area contributed by atoms with E-state index in [0.717, 1.165) is 30.5 Å². The summed E-state index contributed by atoms with van der Waals surface area (Å²) in [6, 6.07) is 15.0. The van der Waals surface area contributed by atoms with Crippen molar-refractivity contribution in [3.05, 3.63) is 100 Å². The van der Waals surface area contributed by atoms with Crippen molar-refractivity contribution in [2.75, 3.05) is 27.2 Å². The van der Waals surface area contributed by atoms with Gasteiger partial charge in [0, 0.05) is 75.0 Å². The minimum Gasteiger partial charge on any atom is -0.461 e. The van der Waals surface area contributed by atoms with Crippen molar-refractivity contribution in [1.82, 2.24) is 20.5 Å². The second-order valence-corrected chi connectivity index (χ2v) is 28.3. The van der Waals surface area contributed by atoms with Crippen LogP contribution in [0, 0.1) is 35.5 Å². The van der Waals surface area contributed by atoms with Crippen molar-refractivity contribution in [1.29, 1.82) is 0 Å². The number of likely N-dealkylation sites (tertiary alicyclic amines) is 1. The second-order valence-electron chi connectivity index (χ2n) is 27.4. The Balaban J connectivity index is 1.51. The number of carbonyl (C=O) groups is 9. The number of rotatable bonds is 34. The summed E-state index contributed by atoms with van der Waals surface area (Å²) in [6.07, 6.45) is 4.38. The highest BCUT2D eigenvalue weighted by atomic mass is 32.1. The fourth-order valence-corrected chi connectivity index (χ4v) is 12.5. The molecule has 89 heavy (non-hydrogen) atoms. The van der Waals surface area contributed by atoms with E-state index in [2.05, 4.69) is 24.3 Å². The Labute approximate surface area is 534 Å².